The highest BCUT2D eigenvalue weighted by Gasteiger charge is 1.99. The number of carboxylic acid groups (broad SMARTS) is 1. The van der Waals surface area contributed by atoms with Gasteiger partial charge in [0.2, 0.25) is 0 Å². The Kier molecular flexibility index (Phi) is 3.98. The van der Waals surface area contributed by atoms with Crippen molar-refractivity contribution in [1.82, 2.24) is 4.72 Å². The average Bonchev–Trinajstić information content (AvgIpc) is 2.08. The van der Waals surface area contributed by atoms with Gasteiger partial charge in [0, 0.05) is 15.9 Å². The maximum absolute atomic E-state index is 10.1. The highest BCUT2D eigenvalue weighted by molar-refractivity contribution is 8.76. The van der Waals surface area contributed by atoms with E-state index in [-0.39, 0.29) is 0 Å². The van der Waals surface area contributed by atoms with E-state index in [1.54, 1.807) is 0 Å². The van der Waals surface area contributed by atoms with Gasteiger partial charge in [-0.2, -0.15) is 0 Å². The summed E-state index contributed by atoms with van der Waals surface area (Å²) in [5.74, 6) is 0. The van der Waals surface area contributed by atoms with Crippen LogP contribution >= 0.6 is 21.8 Å². The van der Waals surface area contributed by atoms with Crippen LogP contribution in [0.25, 0.3) is 0 Å². The highest BCUT2D eigenvalue weighted by Crippen LogP contribution is 2.30. The first kappa shape index (κ1) is 10.3. The third-order valence-electron chi connectivity index (χ3n) is 1.35. The lowest BCUT2D eigenvalue weighted by Crippen LogP contribution is -2.09. The standard InChI is InChI=1S/C8H9NO2S2/c1-6-4-2-3-5-7(6)12-13-9-8(10)11/h2-5,9H,1H3,(H,10,11). The molecule has 70 valence electrons. The molecule has 13 heavy (non-hydrogen) atoms. The Bertz CT molecular complexity index is 304. The molecule has 0 atom stereocenters. The Morgan fingerprint density at radius 2 is 2.15 bits per heavy atom. The van der Waals surface area contributed by atoms with Gasteiger partial charge in [0.1, 0.15) is 0 Å². The Labute approximate surface area is 84.4 Å². The molecule has 0 aromatic heterocycles. The van der Waals surface area contributed by atoms with Crippen molar-refractivity contribution in [2.24, 2.45) is 0 Å². The molecule has 0 aliphatic rings. The van der Waals surface area contributed by atoms with E-state index in [1.165, 1.54) is 10.8 Å². The van der Waals surface area contributed by atoms with Gasteiger partial charge in [-0.25, -0.2) is 4.79 Å². The second kappa shape index (κ2) is 5.04. The molecular formula is C8H9NO2S2. The van der Waals surface area contributed by atoms with Crippen LogP contribution in [0.15, 0.2) is 29.2 Å². The molecule has 0 bridgehead atoms. The molecule has 1 aromatic carbocycles. The highest BCUT2D eigenvalue weighted by atomic mass is 33.1. The first-order valence-corrected chi connectivity index (χ1v) is 5.73. The van der Waals surface area contributed by atoms with Gasteiger partial charge in [0.25, 0.3) is 0 Å². The van der Waals surface area contributed by atoms with Crippen LogP contribution in [0, 0.1) is 6.92 Å². The minimum absolute atomic E-state index is 1.02. The van der Waals surface area contributed by atoms with Crippen LogP contribution in [0.4, 0.5) is 4.79 Å². The fourth-order valence-corrected chi connectivity index (χ4v) is 2.46. The van der Waals surface area contributed by atoms with E-state index in [4.69, 9.17) is 5.11 Å². The number of benzene rings is 1. The normalized spacial score (nSPS) is 9.62. The van der Waals surface area contributed by atoms with Crippen molar-refractivity contribution < 1.29 is 9.90 Å². The fourth-order valence-electron chi connectivity index (χ4n) is 0.751. The lowest BCUT2D eigenvalue weighted by Gasteiger charge is -2.02. The predicted octanol–water partition coefficient (Wildman–Crippen LogP) is 2.92. The third kappa shape index (κ3) is 3.61. The van der Waals surface area contributed by atoms with Crippen LogP contribution in [0.3, 0.4) is 0 Å². The maximum Gasteiger partial charge on any atom is 0.415 e. The molecule has 0 heterocycles. The monoisotopic (exact) mass is 215 g/mol. The largest absolute Gasteiger partial charge is 0.464 e. The SMILES string of the molecule is Cc1ccccc1SSNC(=O)O. The summed E-state index contributed by atoms with van der Waals surface area (Å²) < 4.78 is 2.22. The van der Waals surface area contributed by atoms with E-state index in [0.717, 1.165) is 21.4 Å². The smallest absolute Gasteiger partial charge is 0.415 e. The molecule has 0 aliphatic heterocycles. The van der Waals surface area contributed by atoms with Crippen LogP contribution < -0.4 is 4.72 Å². The summed E-state index contributed by atoms with van der Waals surface area (Å²) in [6.45, 7) is 1.99. The summed E-state index contributed by atoms with van der Waals surface area (Å²) in [7, 11) is 2.50. The Morgan fingerprint density at radius 1 is 1.46 bits per heavy atom. The zero-order valence-electron chi connectivity index (χ0n) is 6.98. The number of amides is 1. The van der Waals surface area contributed by atoms with Gasteiger partial charge >= 0.3 is 6.09 Å². The Hall–Kier alpha value is -0.810. The van der Waals surface area contributed by atoms with Crippen LogP contribution in [0.5, 0.6) is 0 Å². The molecule has 0 unspecified atom stereocenters. The molecule has 5 heteroatoms. The Morgan fingerprint density at radius 3 is 2.77 bits per heavy atom. The second-order valence-electron chi connectivity index (χ2n) is 2.34. The van der Waals surface area contributed by atoms with Crippen LogP contribution in [-0.2, 0) is 0 Å². The molecule has 0 radical (unpaired) electrons. The number of rotatable bonds is 3. The van der Waals surface area contributed by atoms with Crippen LogP contribution in [0.1, 0.15) is 5.56 Å². The van der Waals surface area contributed by atoms with E-state index in [2.05, 4.69) is 4.72 Å². The lowest BCUT2D eigenvalue weighted by molar-refractivity contribution is 0.202. The van der Waals surface area contributed by atoms with E-state index in [9.17, 15) is 4.79 Å². The number of hydrogen-bond donors (Lipinski definition) is 2. The minimum Gasteiger partial charge on any atom is -0.464 e. The third-order valence-corrected chi connectivity index (χ3v) is 3.37. The van der Waals surface area contributed by atoms with Gasteiger partial charge in [-0.1, -0.05) is 18.2 Å². The van der Waals surface area contributed by atoms with Gasteiger partial charge in [-0.3, -0.25) is 4.72 Å². The Balaban J connectivity index is 2.45. The molecule has 0 fully saturated rings. The maximum atomic E-state index is 10.1. The molecule has 0 saturated heterocycles. The van der Waals surface area contributed by atoms with Crippen molar-refractivity contribution in [3.05, 3.63) is 29.8 Å². The minimum atomic E-state index is -1.02. The van der Waals surface area contributed by atoms with E-state index >= 15 is 0 Å². The molecule has 2 N–H and O–H groups in total. The van der Waals surface area contributed by atoms with Gasteiger partial charge < -0.3 is 5.11 Å². The predicted molar refractivity (Wildman–Crippen MR) is 55.8 cm³/mol. The van der Waals surface area contributed by atoms with Gasteiger partial charge in [0.15, 0.2) is 0 Å². The van der Waals surface area contributed by atoms with Gasteiger partial charge in [-0.05, 0) is 29.3 Å². The lowest BCUT2D eigenvalue weighted by atomic mass is 10.2. The van der Waals surface area contributed by atoms with Crippen LogP contribution in [-0.4, -0.2) is 11.2 Å². The van der Waals surface area contributed by atoms with Crippen molar-refractivity contribution in [3.63, 3.8) is 0 Å². The molecule has 0 aliphatic carbocycles. The average molecular weight is 215 g/mol. The van der Waals surface area contributed by atoms with Crippen LogP contribution in [0.2, 0.25) is 0 Å². The fraction of sp³-hybridized carbons (Fsp3) is 0.125. The molecule has 1 amide bonds. The first-order chi connectivity index (χ1) is 6.20. The molecule has 0 spiro atoms. The second-order valence-corrected chi connectivity index (χ2v) is 4.32. The summed E-state index contributed by atoms with van der Waals surface area (Å²) in [6.07, 6.45) is -1.02. The number of nitrogens with one attached hydrogen (secondary N) is 1. The number of aryl methyl sites for hydroxylation is 1. The van der Waals surface area contributed by atoms with Gasteiger partial charge in [0.05, 0.1) is 0 Å². The number of carbonyl (C=O) groups is 1. The first-order valence-electron chi connectivity index (χ1n) is 3.58. The zero-order valence-corrected chi connectivity index (χ0v) is 8.61. The molecule has 1 aromatic rings. The molecule has 0 saturated carbocycles. The van der Waals surface area contributed by atoms with Crippen molar-refractivity contribution in [1.29, 1.82) is 0 Å². The van der Waals surface area contributed by atoms with Crippen molar-refractivity contribution in [3.8, 4) is 0 Å². The summed E-state index contributed by atoms with van der Waals surface area (Å²) in [6, 6.07) is 7.82. The summed E-state index contributed by atoms with van der Waals surface area (Å²) in [5.41, 5.74) is 1.15. The van der Waals surface area contributed by atoms with E-state index in [0.29, 0.717) is 0 Å². The van der Waals surface area contributed by atoms with Crippen molar-refractivity contribution in [2.75, 3.05) is 0 Å². The molecule has 1 rings (SSSR count). The van der Waals surface area contributed by atoms with Crippen molar-refractivity contribution in [2.45, 2.75) is 11.8 Å². The zero-order chi connectivity index (χ0) is 9.68. The number of hydrogen-bond acceptors (Lipinski definition) is 3. The molecule has 3 nitrogen and oxygen atoms in total. The summed E-state index contributed by atoms with van der Waals surface area (Å²) in [5, 5.41) is 8.32. The summed E-state index contributed by atoms with van der Waals surface area (Å²) >= 11 is 0. The van der Waals surface area contributed by atoms with E-state index in [1.807, 2.05) is 31.2 Å². The van der Waals surface area contributed by atoms with E-state index < -0.39 is 6.09 Å². The summed E-state index contributed by atoms with van der Waals surface area (Å²) in [4.78, 5) is 11.2. The van der Waals surface area contributed by atoms with Gasteiger partial charge in [-0.15, -0.1) is 0 Å². The molecular weight excluding hydrogens is 206 g/mol. The van der Waals surface area contributed by atoms with Crippen molar-refractivity contribution >= 4 is 27.9 Å². The quantitative estimate of drug-likeness (QED) is 0.601. The topological polar surface area (TPSA) is 49.3 Å².